The summed E-state index contributed by atoms with van der Waals surface area (Å²) in [5, 5.41) is 2.17. The van der Waals surface area contributed by atoms with Gasteiger partial charge >= 0.3 is 6.18 Å². The molecule has 1 unspecified atom stereocenters. The van der Waals surface area contributed by atoms with E-state index in [1.54, 1.807) is 35.2 Å². The number of hydrogen-bond donors (Lipinski definition) is 1. The van der Waals surface area contributed by atoms with E-state index in [-0.39, 0.29) is 0 Å². The third-order valence-corrected chi connectivity index (χ3v) is 4.12. The zero-order chi connectivity index (χ0) is 17.0. The van der Waals surface area contributed by atoms with Gasteiger partial charge in [-0.15, -0.1) is 0 Å². The minimum Gasteiger partial charge on any atom is -0.346 e. The highest BCUT2D eigenvalue weighted by atomic mass is 35.5. The predicted octanol–water partition coefficient (Wildman–Crippen LogP) is 3.68. The van der Waals surface area contributed by atoms with E-state index in [0.29, 0.717) is 10.2 Å². The van der Waals surface area contributed by atoms with Crippen LogP contribution in [-0.2, 0) is 4.79 Å². The lowest BCUT2D eigenvalue weighted by Gasteiger charge is -2.14. The number of hydrogen-bond acceptors (Lipinski definition) is 3. The molecule has 2 aromatic rings. The summed E-state index contributed by atoms with van der Waals surface area (Å²) in [5.41, 5.74) is 0.750. The van der Waals surface area contributed by atoms with Gasteiger partial charge in [0, 0.05) is 23.1 Å². The molecule has 4 nitrogen and oxygen atoms in total. The molecule has 0 aliphatic rings. The van der Waals surface area contributed by atoms with Crippen LogP contribution in [0, 0.1) is 0 Å². The molecule has 1 aromatic carbocycles. The van der Waals surface area contributed by atoms with Gasteiger partial charge in [0.1, 0.15) is 6.54 Å². The van der Waals surface area contributed by atoms with Crippen LogP contribution in [0.4, 0.5) is 13.2 Å². The number of nitrogens with zero attached hydrogens (tertiary/aromatic N) is 2. The molecule has 0 bridgehead atoms. The summed E-state index contributed by atoms with van der Waals surface area (Å²) in [5.74, 6) is -0.701. The van der Waals surface area contributed by atoms with Gasteiger partial charge in [0.2, 0.25) is 5.91 Å². The highest BCUT2D eigenvalue weighted by Crippen LogP contribution is 2.26. The van der Waals surface area contributed by atoms with Crippen molar-refractivity contribution in [3.05, 3.63) is 41.7 Å². The Balaban J connectivity index is 2.06. The van der Waals surface area contributed by atoms with E-state index in [0.717, 1.165) is 17.4 Å². The minimum absolute atomic E-state index is 0.488. The maximum atomic E-state index is 12.1. The lowest BCUT2D eigenvalue weighted by atomic mass is 10.3. The molecule has 0 spiro atoms. The average Bonchev–Trinajstić information content (AvgIpc) is 2.92. The number of rotatable bonds is 5. The molecule has 1 amide bonds. The summed E-state index contributed by atoms with van der Waals surface area (Å²) < 4.78 is 38.1. The largest absolute Gasteiger partial charge is 0.405 e. The van der Waals surface area contributed by atoms with Crippen LogP contribution in [0.25, 0.3) is 5.69 Å². The molecule has 0 saturated carbocycles. The summed E-state index contributed by atoms with van der Waals surface area (Å²) in [4.78, 5) is 15.9. The van der Waals surface area contributed by atoms with E-state index < -0.39 is 23.9 Å². The Kier molecular flexibility index (Phi) is 5.59. The second-order valence-corrected chi connectivity index (χ2v) is 6.40. The Labute approximate surface area is 140 Å². The topological polar surface area (TPSA) is 46.9 Å². The highest BCUT2D eigenvalue weighted by Gasteiger charge is 2.29. The fourth-order valence-corrected chi connectivity index (χ4v) is 2.83. The molecule has 0 saturated heterocycles. The molecule has 124 valence electrons. The van der Waals surface area contributed by atoms with Gasteiger partial charge < -0.3 is 5.32 Å². The molecule has 0 aliphatic heterocycles. The SMILES string of the molecule is CC(Sc1nccn1-c1cccc(Cl)c1)C(=O)NCC(F)(F)F. The minimum atomic E-state index is -4.43. The smallest absolute Gasteiger partial charge is 0.346 e. The van der Waals surface area contributed by atoms with Gasteiger partial charge in [0.15, 0.2) is 5.16 Å². The highest BCUT2D eigenvalue weighted by molar-refractivity contribution is 8.00. The van der Waals surface area contributed by atoms with Gasteiger partial charge in [-0.2, -0.15) is 13.2 Å². The molecule has 0 aliphatic carbocycles. The van der Waals surface area contributed by atoms with Crippen LogP contribution < -0.4 is 5.32 Å². The van der Waals surface area contributed by atoms with Crippen LogP contribution in [0.5, 0.6) is 0 Å². The number of benzene rings is 1. The molecular formula is C14H13ClF3N3OS. The summed E-state index contributed by atoms with van der Waals surface area (Å²) >= 11 is 7.01. The monoisotopic (exact) mass is 363 g/mol. The number of carbonyl (C=O) groups excluding carboxylic acids is 1. The average molecular weight is 364 g/mol. The molecular weight excluding hydrogens is 351 g/mol. The first-order chi connectivity index (χ1) is 10.8. The molecule has 9 heteroatoms. The van der Waals surface area contributed by atoms with E-state index in [9.17, 15) is 18.0 Å². The number of aromatic nitrogens is 2. The van der Waals surface area contributed by atoms with Crippen LogP contribution in [0.3, 0.4) is 0 Å². The lowest BCUT2D eigenvalue weighted by molar-refractivity contribution is -0.137. The third-order valence-electron chi connectivity index (χ3n) is 2.81. The molecule has 1 aromatic heterocycles. The van der Waals surface area contributed by atoms with Crippen molar-refractivity contribution < 1.29 is 18.0 Å². The quantitative estimate of drug-likeness (QED) is 0.824. The maximum absolute atomic E-state index is 12.1. The van der Waals surface area contributed by atoms with E-state index >= 15 is 0 Å². The third kappa shape index (κ3) is 5.18. The van der Waals surface area contributed by atoms with Crippen LogP contribution in [0.2, 0.25) is 5.02 Å². The first-order valence-electron chi connectivity index (χ1n) is 6.56. The second-order valence-electron chi connectivity index (χ2n) is 4.65. The van der Waals surface area contributed by atoms with Gasteiger partial charge in [-0.05, 0) is 25.1 Å². The zero-order valence-electron chi connectivity index (χ0n) is 12.0. The summed E-state index contributed by atoms with van der Waals surface area (Å²) in [7, 11) is 0. The zero-order valence-corrected chi connectivity index (χ0v) is 13.5. The van der Waals surface area contributed by atoms with Crippen LogP contribution in [-0.4, -0.2) is 33.4 Å². The molecule has 1 heterocycles. The number of halogens is 4. The number of thioether (sulfide) groups is 1. The first-order valence-corrected chi connectivity index (χ1v) is 7.82. The maximum Gasteiger partial charge on any atom is 0.405 e. The van der Waals surface area contributed by atoms with Crippen molar-refractivity contribution in [1.29, 1.82) is 0 Å². The van der Waals surface area contributed by atoms with E-state index in [1.807, 2.05) is 11.4 Å². The second kappa shape index (κ2) is 7.27. The van der Waals surface area contributed by atoms with Gasteiger partial charge in [-0.3, -0.25) is 9.36 Å². The van der Waals surface area contributed by atoms with Crippen molar-refractivity contribution >= 4 is 29.3 Å². The van der Waals surface area contributed by atoms with E-state index in [1.165, 1.54) is 6.92 Å². The predicted molar refractivity (Wildman–Crippen MR) is 83.0 cm³/mol. The molecule has 1 N–H and O–H groups in total. The molecule has 1 atom stereocenters. The fourth-order valence-electron chi connectivity index (χ4n) is 1.74. The van der Waals surface area contributed by atoms with Crippen molar-refractivity contribution in [2.45, 2.75) is 23.5 Å². The van der Waals surface area contributed by atoms with Crippen molar-refractivity contribution in [2.75, 3.05) is 6.54 Å². The summed E-state index contributed by atoms with van der Waals surface area (Å²) in [6, 6.07) is 7.03. The van der Waals surface area contributed by atoms with Crippen molar-refractivity contribution in [3.8, 4) is 5.69 Å². The van der Waals surface area contributed by atoms with Crippen LogP contribution >= 0.6 is 23.4 Å². The Morgan fingerprint density at radius 1 is 1.48 bits per heavy atom. The number of imidazole rings is 1. The summed E-state index contributed by atoms with van der Waals surface area (Å²) in [6.07, 6.45) is -1.20. The number of nitrogens with one attached hydrogen (secondary N) is 1. The Morgan fingerprint density at radius 2 is 2.22 bits per heavy atom. The molecule has 0 fully saturated rings. The Morgan fingerprint density at radius 3 is 2.87 bits per heavy atom. The molecule has 23 heavy (non-hydrogen) atoms. The number of carbonyl (C=O) groups is 1. The van der Waals surface area contributed by atoms with Gasteiger partial charge in [0.05, 0.1) is 5.25 Å². The van der Waals surface area contributed by atoms with Crippen molar-refractivity contribution in [3.63, 3.8) is 0 Å². The fraction of sp³-hybridized carbons (Fsp3) is 0.286. The first kappa shape index (κ1) is 17.7. The lowest BCUT2D eigenvalue weighted by Crippen LogP contribution is -2.38. The van der Waals surface area contributed by atoms with E-state index in [2.05, 4.69) is 4.98 Å². The Bertz CT molecular complexity index is 690. The molecule has 0 radical (unpaired) electrons. The van der Waals surface area contributed by atoms with Gasteiger partial charge in [-0.25, -0.2) is 4.98 Å². The summed E-state index contributed by atoms with van der Waals surface area (Å²) in [6.45, 7) is 0.173. The number of alkyl halides is 3. The van der Waals surface area contributed by atoms with Crippen LogP contribution in [0.15, 0.2) is 41.8 Å². The normalized spacial score (nSPS) is 12.9. The molecule has 2 rings (SSSR count). The van der Waals surface area contributed by atoms with Crippen molar-refractivity contribution in [2.24, 2.45) is 0 Å². The standard InChI is InChI=1S/C14H13ClF3N3OS/c1-9(12(22)20-8-14(16,17)18)23-13-19-5-6-21(13)11-4-2-3-10(15)7-11/h2-7,9H,8H2,1H3,(H,20,22). The van der Waals surface area contributed by atoms with Gasteiger partial charge in [-0.1, -0.05) is 29.4 Å². The van der Waals surface area contributed by atoms with E-state index in [4.69, 9.17) is 11.6 Å². The Hall–Kier alpha value is -1.67. The number of amides is 1. The van der Waals surface area contributed by atoms with Gasteiger partial charge in [0.25, 0.3) is 0 Å². The van der Waals surface area contributed by atoms with Crippen LogP contribution in [0.1, 0.15) is 6.92 Å². The van der Waals surface area contributed by atoms with Crippen molar-refractivity contribution in [1.82, 2.24) is 14.9 Å².